The molecule has 0 unspecified atom stereocenters. The zero-order valence-corrected chi connectivity index (χ0v) is 20.4. The van der Waals surface area contributed by atoms with Gasteiger partial charge in [0.15, 0.2) is 12.6 Å². The number of ether oxygens (including phenoxy) is 6. The monoisotopic (exact) mass is 550 g/mol. The first-order valence-corrected chi connectivity index (χ1v) is 12.1. The predicted molar refractivity (Wildman–Crippen MR) is 119 cm³/mol. The largest absolute Gasteiger partial charge is 0.471 e. The summed E-state index contributed by atoms with van der Waals surface area (Å²) in [5.74, 6) is -1.87. The number of aliphatic hydroxyl groups is 8. The van der Waals surface area contributed by atoms with Crippen LogP contribution in [-0.4, -0.2) is 141 Å². The highest BCUT2D eigenvalue weighted by Crippen LogP contribution is 2.45. The van der Waals surface area contributed by atoms with Crippen molar-refractivity contribution in [3.8, 4) is 0 Å². The second-order valence-corrected chi connectivity index (χ2v) is 9.56. The highest BCUT2D eigenvalue weighted by Gasteiger charge is 2.50. The second-order valence-electron chi connectivity index (χ2n) is 9.56. The Morgan fingerprint density at radius 3 is 2.03 bits per heavy atom. The molecule has 0 aromatic heterocycles. The molecule has 15 nitrogen and oxygen atoms in total. The molecule has 0 amide bonds. The lowest BCUT2D eigenvalue weighted by atomic mass is 9.83. The van der Waals surface area contributed by atoms with Gasteiger partial charge in [0.2, 0.25) is 6.29 Å². The number of hydrogen-bond acceptors (Lipinski definition) is 15. The van der Waals surface area contributed by atoms with Crippen molar-refractivity contribution in [2.24, 2.45) is 11.8 Å². The van der Waals surface area contributed by atoms with E-state index in [2.05, 4.69) is 0 Å². The molecular weight excluding hydrogens is 516 g/mol. The number of allylic oxidation sites excluding steroid dienone is 1. The SMILES string of the molecule is COC(=O)C1=CO[C@@H](O[C@@H]2O[C@H](CO)[C@@H](O)[C@H](O)[C@H]2O)[C@@H]2C(CO[C@@H]3O[C@H](CO)[C@@H](O)[C@H](O)[C@H]3O)=CC[C@H]12. The van der Waals surface area contributed by atoms with Crippen LogP contribution in [0.4, 0.5) is 0 Å². The maximum Gasteiger partial charge on any atom is 0.337 e. The molecule has 8 N–H and O–H groups in total. The van der Waals surface area contributed by atoms with Gasteiger partial charge in [-0.2, -0.15) is 0 Å². The third kappa shape index (κ3) is 5.47. The minimum atomic E-state index is -1.69. The van der Waals surface area contributed by atoms with Crippen molar-refractivity contribution in [2.75, 3.05) is 26.9 Å². The lowest BCUT2D eigenvalue weighted by molar-refractivity contribution is -0.340. The van der Waals surface area contributed by atoms with Gasteiger partial charge in [0.25, 0.3) is 0 Å². The molecule has 2 saturated heterocycles. The van der Waals surface area contributed by atoms with Crippen molar-refractivity contribution in [3.05, 3.63) is 23.5 Å². The highest BCUT2D eigenvalue weighted by atomic mass is 16.8. The number of fused-ring (bicyclic) bond motifs is 1. The van der Waals surface area contributed by atoms with Gasteiger partial charge in [-0.15, -0.1) is 0 Å². The molecule has 1 aliphatic carbocycles. The average molecular weight is 551 g/mol. The van der Waals surface area contributed by atoms with Gasteiger partial charge in [0.1, 0.15) is 48.8 Å². The molecule has 0 radical (unpaired) electrons. The van der Waals surface area contributed by atoms with Crippen molar-refractivity contribution in [1.29, 1.82) is 0 Å². The first-order valence-electron chi connectivity index (χ1n) is 12.1. The van der Waals surface area contributed by atoms with Crippen LogP contribution >= 0.6 is 0 Å². The standard InChI is InChI=1S/C23H34O15/c1-33-20(32)10-7-35-21(38-23-19(31)17(29)15(27)12(5-25)37-23)13-8(2-3-9(10)13)6-34-22-18(30)16(28)14(26)11(4-24)36-22/h2,7,9,11-19,21-31H,3-6H2,1H3/t9-,11-,12-,13-,14-,15-,16+,17+,18-,19-,21+,22-,23+/m1/s1. The molecule has 0 saturated carbocycles. The highest BCUT2D eigenvalue weighted by molar-refractivity contribution is 5.89. The van der Waals surface area contributed by atoms with E-state index in [1.54, 1.807) is 6.08 Å². The lowest BCUT2D eigenvalue weighted by Crippen LogP contribution is -2.60. The summed E-state index contributed by atoms with van der Waals surface area (Å²) in [6.07, 6.45) is -13.0. The Morgan fingerprint density at radius 2 is 1.45 bits per heavy atom. The zero-order chi connectivity index (χ0) is 27.7. The summed E-state index contributed by atoms with van der Waals surface area (Å²) in [4.78, 5) is 12.4. The minimum absolute atomic E-state index is 0.199. The number of rotatable bonds is 8. The molecular formula is C23H34O15. The Bertz CT molecular complexity index is 890. The minimum Gasteiger partial charge on any atom is -0.471 e. The Morgan fingerprint density at radius 1 is 0.868 bits per heavy atom. The number of carbonyl (C=O) groups excluding carboxylic acids is 1. The van der Waals surface area contributed by atoms with Crippen molar-refractivity contribution < 1.29 is 74.1 Å². The van der Waals surface area contributed by atoms with Gasteiger partial charge in [-0.1, -0.05) is 6.08 Å². The van der Waals surface area contributed by atoms with Gasteiger partial charge in [-0.25, -0.2) is 4.79 Å². The maximum atomic E-state index is 12.4. The molecule has 3 aliphatic heterocycles. The summed E-state index contributed by atoms with van der Waals surface area (Å²) in [5, 5.41) is 79.7. The first-order chi connectivity index (χ1) is 18.1. The van der Waals surface area contributed by atoms with Crippen LogP contribution in [0.2, 0.25) is 0 Å². The van der Waals surface area contributed by atoms with E-state index in [1.165, 1.54) is 7.11 Å². The molecule has 38 heavy (non-hydrogen) atoms. The van der Waals surface area contributed by atoms with E-state index in [9.17, 15) is 45.6 Å². The second kappa shape index (κ2) is 12.2. The molecule has 3 heterocycles. The molecule has 0 aromatic carbocycles. The summed E-state index contributed by atoms with van der Waals surface area (Å²) in [7, 11) is 1.21. The van der Waals surface area contributed by atoms with Crippen molar-refractivity contribution in [2.45, 2.75) is 74.1 Å². The van der Waals surface area contributed by atoms with Crippen LogP contribution in [-0.2, 0) is 33.2 Å². The van der Waals surface area contributed by atoms with E-state index in [1.807, 2.05) is 0 Å². The Labute approximate surface area is 217 Å². The molecule has 0 aromatic rings. The van der Waals surface area contributed by atoms with E-state index in [-0.39, 0.29) is 12.2 Å². The third-order valence-electron chi connectivity index (χ3n) is 7.32. The zero-order valence-electron chi connectivity index (χ0n) is 20.4. The van der Waals surface area contributed by atoms with E-state index in [0.717, 1.165) is 6.26 Å². The normalized spacial score (nSPS) is 45.0. The van der Waals surface area contributed by atoms with Crippen LogP contribution in [0.15, 0.2) is 23.5 Å². The summed E-state index contributed by atoms with van der Waals surface area (Å²) in [6.45, 7) is -1.50. The van der Waals surface area contributed by atoms with Crippen molar-refractivity contribution >= 4 is 5.97 Å². The molecule has 13 atom stereocenters. The number of aliphatic hydroxyl groups excluding tert-OH is 8. The number of methoxy groups -OCH3 is 1. The summed E-state index contributed by atoms with van der Waals surface area (Å²) in [5.41, 5.74) is 0.723. The predicted octanol–water partition coefficient (Wildman–Crippen LogP) is -4.40. The molecule has 0 spiro atoms. The molecule has 216 valence electrons. The topological polar surface area (TPSA) is 234 Å². The van der Waals surface area contributed by atoms with E-state index in [4.69, 9.17) is 28.4 Å². The Balaban J connectivity index is 1.51. The van der Waals surface area contributed by atoms with Gasteiger partial charge < -0.3 is 69.3 Å². The van der Waals surface area contributed by atoms with Gasteiger partial charge in [-0.3, -0.25) is 0 Å². The van der Waals surface area contributed by atoms with Crippen LogP contribution in [0.3, 0.4) is 0 Å². The van der Waals surface area contributed by atoms with Crippen LogP contribution in [0.1, 0.15) is 6.42 Å². The lowest BCUT2D eigenvalue weighted by Gasteiger charge is -2.43. The van der Waals surface area contributed by atoms with Crippen LogP contribution in [0, 0.1) is 11.8 Å². The first kappa shape index (κ1) is 29.3. The third-order valence-corrected chi connectivity index (χ3v) is 7.32. The van der Waals surface area contributed by atoms with Gasteiger partial charge >= 0.3 is 5.97 Å². The van der Waals surface area contributed by atoms with Crippen molar-refractivity contribution in [1.82, 2.24) is 0 Å². The average Bonchev–Trinajstić information content (AvgIpc) is 3.35. The summed E-state index contributed by atoms with van der Waals surface area (Å²) >= 11 is 0. The van der Waals surface area contributed by atoms with Crippen molar-refractivity contribution in [3.63, 3.8) is 0 Å². The molecule has 15 heteroatoms. The Kier molecular flexibility index (Phi) is 9.39. The smallest absolute Gasteiger partial charge is 0.337 e. The fourth-order valence-corrected chi connectivity index (χ4v) is 5.10. The summed E-state index contributed by atoms with van der Waals surface area (Å²) in [6, 6.07) is 0. The quantitative estimate of drug-likeness (QED) is 0.105. The molecule has 0 bridgehead atoms. The maximum absolute atomic E-state index is 12.4. The van der Waals surface area contributed by atoms with Crippen LogP contribution in [0.5, 0.6) is 0 Å². The Hall–Kier alpha value is -1.73. The molecule has 2 fully saturated rings. The van der Waals surface area contributed by atoms with Crippen LogP contribution < -0.4 is 0 Å². The van der Waals surface area contributed by atoms with Crippen LogP contribution in [0.25, 0.3) is 0 Å². The number of esters is 1. The number of hydrogen-bond donors (Lipinski definition) is 8. The number of carbonyl (C=O) groups is 1. The fraction of sp³-hybridized carbons (Fsp3) is 0.783. The van der Waals surface area contributed by atoms with Gasteiger partial charge in [-0.05, 0) is 12.0 Å². The molecule has 4 rings (SSSR count). The summed E-state index contributed by atoms with van der Waals surface area (Å²) < 4.78 is 32.8. The fourth-order valence-electron chi connectivity index (χ4n) is 5.10. The van der Waals surface area contributed by atoms with E-state index < -0.39 is 98.7 Å². The van der Waals surface area contributed by atoms with E-state index >= 15 is 0 Å². The van der Waals surface area contributed by atoms with Gasteiger partial charge in [0, 0.05) is 5.92 Å². The van der Waals surface area contributed by atoms with Gasteiger partial charge in [0.05, 0.1) is 44.7 Å². The van der Waals surface area contributed by atoms with E-state index in [0.29, 0.717) is 12.0 Å². The molecule has 4 aliphatic rings.